The Hall–Kier alpha value is -2.34. The van der Waals surface area contributed by atoms with Crippen molar-refractivity contribution in [2.75, 3.05) is 11.9 Å². The molecule has 0 saturated heterocycles. The van der Waals surface area contributed by atoms with Crippen LogP contribution in [0.15, 0.2) is 40.9 Å². The number of carbonyl (C=O) groups excluding carboxylic acids is 2. The lowest BCUT2D eigenvalue weighted by atomic mass is 10.1. The molecule has 138 valence electrons. The zero-order valence-corrected chi connectivity index (χ0v) is 16.9. The SMILES string of the molecule is CCNC(=O)c1ccc(NC(=O)C(C)Oc2c(C)cc(Br)cc2C)cc1. The van der Waals surface area contributed by atoms with E-state index in [1.54, 1.807) is 31.2 Å². The van der Waals surface area contributed by atoms with Crippen LogP contribution < -0.4 is 15.4 Å². The molecule has 26 heavy (non-hydrogen) atoms. The lowest BCUT2D eigenvalue weighted by Crippen LogP contribution is -2.30. The van der Waals surface area contributed by atoms with Gasteiger partial charge in [-0.25, -0.2) is 0 Å². The van der Waals surface area contributed by atoms with Crippen LogP contribution in [0.2, 0.25) is 0 Å². The van der Waals surface area contributed by atoms with Crippen LogP contribution in [0.3, 0.4) is 0 Å². The highest BCUT2D eigenvalue weighted by Crippen LogP contribution is 2.28. The largest absolute Gasteiger partial charge is 0.480 e. The molecule has 2 amide bonds. The third kappa shape index (κ3) is 5.08. The van der Waals surface area contributed by atoms with E-state index in [1.165, 1.54) is 0 Å². The minimum atomic E-state index is -0.656. The van der Waals surface area contributed by atoms with Crippen LogP contribution in [-0.2, 0) is 4.79 Å². The average molecular weight is 419 g/mol. The van der Waals surface area contributed by atoms with Crippen LogP contribution in [0, 0.1) is 13.8 Å². The van der Waals surface area contributed by atoms with Gasteiger partial charge in [-0.2, -0.15) is 0 Å². The Kier molecular flexibility index (Phi) is 6.80. The third-order valence-corrected chi connectivity index (χ3v) is 4.30. The summed E-state index contributed by atoms with van der Waals surface area (Å²) in [5.74, 6) is 0.322. The lowest BCUT2D eigenvalue weighted by molar-refractivity contribution is -0.122. The van der Waals surface area contributed by atoms with Gasteiger partial charge in [0.25, 0.3) is 11.8 Å². The quantitative estimate of drug-likeness (QED) is 0.737. The van der Waals surface area contributed by atoms with Gasteiger partial charge in [0.05, 0.1) is 0 Å². The van der Waals surface area contributed by atoms with E-state index in [9.17, 15) is 9.59 Å². The summed E-state index contributed by atoms with van der Waals surface area (Å²) >= 11 is 3.45. The Balaban J connectivity index is 2.02. The highest BCUT2D eigenvalue weighted by molar-refractivity contribution is 9.10. The van der Waals surface area contributed by atoms with Crippen LogP contribution in [0.25, 0.3) is 0 Å². The molecule has 0 saturated carbocycles. The molecule has 0 fully saturated rings. The molecule has 0 radical (unpaired) electrons. The van der Waals surface area contributed by atoms with Gasteiger partial charge in [-0.3, -0.25) is 9.59 Å². The van der Waals surface area contributed by atoms with Gasteiger partial charge in [-0.15, -0.1) is 0 Å². The molecule has 2 rings (SSSR count). The number of hydrogen-bond donors (Lipinski definition) is 2. The van der Waals surface area contributed by atoms with Crippen molar-refractivity contribution in [3.8, 4) is 5.75 Å². The summed E-state index contributed by atoms with van der Waals surface area (Å²) in [6, 6.07) is 10.7. The number of halogens is 1. The Morgan fingerprint density at radius 1 is 1.12 bits per heavy atom. The van der Waals surface area contributed by atoms with E-state index in [1.807, 2.05) is 32.9 Å². The second kappa shape index (κ2) is 8.85. The fourth-order valence-corrected chi connectivity index (χ4v) is 3.21. The van der Waals surface area contributed by atoms with Crippen LogP contribution in [0.1, 0.15) is 35.3 Å². The van der Waals surface area contributed by atoms with Crippen molar-refractivity contribution < 1.29 is 14.3 Å². The average Bonchev–Trinajstić information content (AvgIpc) is 2.58. The van der Waals surface area contributed by atoms with Crippen LogP contribution in [0.5, 0.6) is 5.75 Å². The number of rotatable bonds is 6. The molecule has 1 atom stereocenters. The van der Waals surface area contributed by atoms with E-state index in [0.29, 0.717) is 23.5 Å². The summed E-state index contributed by atoms with van der Waals surface area (Å²) in [6.07, 6.45) is -0.656. The minimum Gasteiger partial charge on any atom is -0.480 e. The molecular formula is C20H23BrN2O3. The van der Waals surface area contributed by atoms with Crippen molar-refractivity contribution in [1.29, 1.82) is 0 Å². The van der Waals surface area contributed by atoms with Gasteiger partial charge < -0.3 is 15.4 Å². The molecule has 0 spiro atoms. The standard InChI is InChI=1S/C20H23BrN2O3/c1-5-22-20(25)15-6-8-17(9-7-15)23-19(24)14(4)26-18-12(2)10-16(21)11-13(18)3/h6-11,14H,5H2,1-4H3,(H,22,25)(H,23,24). The zero-order valence-electron chi connectivity index (χ0n) is 15.4. The van der Waals surface area contributed by atoms with Gasteiger partial charge in [0.2, 0.25) is 0 Å². The second-order valence-corrected chi connectivity index (χ2v) is 6.97. The molecule has 0 aliphatic heterocycles. The Labute approximate surface area is 162 Å². The Bertz CT molecular complexity index is 780. The fourth-order valence-electron chi connectivity index (χ4n) is 2.53. The number of nitrogens with one attached hydrogen (secondary N) is 2. The van der Waals surface area contributed by atoms with Gasteiger partial charge in [-0.1, -0.05) is 15.9 Å². The number of benzene rings is 2. The summed E-state index contributed by atoms with van der Waals surface area (Å²) in [7, 11) is 0. The highest BCUT2D eigenvalue weighted by Gasteiger charge is 2.17. The van der Waals surface area contributed by atoms with Gasteiger partial charge >= 0.3 is 0 Å². The van der Waals surface area contributed by atoms with Gasteiger partial charge in [0.1, 0.15) is 5.75 Å². The second-order valence-electron chi connectivity index (χ2n) is 6.05. The minimum absolute atomic E-state index is 0.136. The van der Waals surface area contributed by atoms with Crippen molar-refractivity contribution in [2.24, 2.45) is 0 Å². The zero-order chi connectivity index (χ0) is 19.3. The van der Waals surface area contributed by atoms with Crippen LogP contribution in [0.4, 0.5) is 5.69 Å². The molecule has 2 aromatic carbocycles. The number of anilines is 1. The predicted octanol–water partition coefficient (Wildman–Crippen LogP) is 4.22. The summed E-state index contributed by atoms with van der Waals surface area (Å²) in [6.45, 7) is 8.03. The number of carbonyl (C=O) groups is 2. The molecule has 0 aliphatic carbocycles. The lowest BCUT2D eigenvalue weighted by Gasteiger charge is -2.18. The van der Waals surface area contributed by atoms with E-state index in [2.05, 4.69) is 26.6 Å². The Morgan fingerprint density at radius 2 is 1.69 bits per heavy atom. The first kappa shape index (κ1) is 20.0. The van der Waals surface area contributed by atoms with Crippen LogP contribution in [-0.4, -0.2) is 24.5 Å². The number of amides is 2. The molecule has 2 N–H and O–H groups in total. The van der Waals surface area contributed by atoms with E-state index in [0.717, 1.165) is 15.6 Å². The number of aryl methyl sites for hydroxylation is 2. The maximum Gasteiger partial charge on any atom is 0.265 e. The molecule has 2 aromatic rings. The molecule has 6 heteroatoms. The normalized spacial score (nSPS) is 11.6. The first-order chi connectivity index (χ1) is 12.3. The summed E-state index contributed by atoms with van der Waals surface area (Å²) in [5.41, 5.74) is 3.09. The van der Waals surface area contributed by atoms with Crippen molar-refractivity contribution in [1.82, 2.24) is 5.32 Å². The first-order valence-electron chi connectivity index (χ1n) is 8.44. The molecular weight excluding hydrogens is 396 g/mol. The summed E-state index contributed by atoms with van der Waals surface area (Å²) in [4.78, 5) is 24.2. The highest BCUT2D eigenvalue weighted by atomic mass is 79.9. The molecule has 5 nitrogen and oxygen atoms in total. The van der Waals surface area contributed by atoms with E-state index in [4.69, 9.17) is 4.74 Å². The van der Waals surface area contributed by atoms with E-state index < -0.39 is 6.10 Å². The fraction of sp³-hybridized carbons (Fsp3) is 0.300. The number of hydrogen-bond acceptors (Lipinski definition) is 3. The summed E-state index contributed by atoms with van der Waals surface area (Å²) < 4.78 is 6.84. The maximum absolute atomic E-state index is 12.4. The van der Waals surface area contributed by atoms with Crippen molar-refractivity contribution >= 4 is 33.4 Å². The monoisotopic (exact) mass is 418 g/mol. The van der Waals surface area contributed by atoms with E-state index >= 15 is 0 Å². The topological polar surface area (TPSA) is 67.4 Å². The van der Waals surface area contributed by atoms with Gasteiger partial charge in [0.15, 0.2) is 6.10 Å². The van der Waals surface area contributed by atoms with Crippen LogP contribution >= 0.6 is 15.9 Å². The van der Waals surface area contributed by atoms with Crippen molar-refractivity contribution in [2.45, 2.75) is 33.8 Å². The molecule has 0 aromatic heterocycles. The smallest absolute Gasteiger partial charge is 0.265 e. The number of ether oxygens (including phenoxy) is 1. The van der Waals surface area contributed by atoms with Crippen molar-refractivity contribution in [3.63, 3.8) is 0 Å². The first-order valence-corrected chi connectivity index (χ1v) is 9.23. The molecule has 0 aliphatic rings. The van der Waals surface area contributed by atoms with Gasteiger partial charge in [-0.05, 0) is 75.2 Å². The predicted molar refractivity (Wildman–Crippen MR) is 107 cm³/mol. The third-order valence-electron chi connectivity index (χ3n) is 3.84. The molecule has 0 heterocycles. The summed E-state index contributed by atoms with van der Waals surface area (Å²) in [5, 5.41) is 5.54. The Morgan fingerprint density at radius 3 is 2.23 bits per heavy atom. The molecule has 1 unspecified atom stereocenters. The van der Waals surface area contributed by atoms with Gasteiger partial charge in [0, 0.05) is 22.3 Å². The van der Waals surface area contributed by atoms with Crippen molar-refractivity contribution in [3.05, 3.63) is 57.6 Å². The van der Waals surface area contributed by atoms with E-state index in [-0.39, 0.29) is 11.8 Å². The molecule has 0 bridgehead atoms. The maximum atomic E-state index is 12.4.